The summed E-state index contributed by atoms with van der Waals surface area (Å²) in [7, 11) is 0.893. The second-order valence-corrected chi connectivity index (χ2v) is 12.9. The van der Waals surface area contributed by atoms with Gasteiger partial charge < -0.3 is 23.9 Å². The summed E-state index contributed by atoms with van der Waals surface area (Å²) >= 11 is 0. The number of carbonyl (C=O) groups excluding carboxylic acids is 2. The smallest absolute Gasteiger partial charge is 0.410 e. The first-order chi connectivity index (χ1) is 18.4. The fraction of sp³-hybridized carbons (Fsp3) is 0.517. The molecule has 0 unspecified atom stereocenters. The molecule has 0 fully saturated rings. The van der Waals surface area contributed by atoms with E-state index in [0.717, 1.165) is 28.5 Å². The summed E-state index contributed by atoms with van der Waals surface area (Å²) in [5, 5.41) is 0. The van der Waals surface area contributed by atoms with Crippen molar-refractivity contribution in [1.82, 2.24) is 9.21 Å². The molecule has 0 atom stereocenters. The highest BCUT2D eigenvalue weighted by atomic mass is 32.2. The van der Waals surface area contributed by atoms with Crippen LogP contribution >= 0.6 is 0 Å². The van der Waals surface area contributed by atoms with E-state index in [2.05, 4.69) is 0 Å². The molecule has 39 heavy (non-hydrogen) atoms. The van der Waals surface area contributed by atoms with Crippen LogP contribution in [0.15, 0.2) is 35.2 Å². The summed E-state index contributed by atoms with van der Waals surface area (Å²) in [5.41, 5.74) is 2.71. The molecule has 1 aliphatic heterocycles. The molecule has 0 spiro atoms. The molecule has 0 aromatic heterocycles. The third-order valence-electron chi connectivity index (χ3n) is 6.42. The number of rotatable bonds is 12. The van der Waals surface area contributed by atoms with E-state index in [1.165, 1.54) is 18.4 Å². The lowest BCUT2D eigenvalue weighted by Gasteiger charge is -2.27. The molecule has 0 saturated carbocycles. The molecule has 10 heteroatoms. The molecule has 1 amide bonds. The Bertz CT molecular complexity index is 1280. The Labute approximate surface area is 232 Å². The second-order valence-electron chi connectivity index (χ2n) is 10.8. The zero-order valence-electron chi connectivity index (χ0n) is 23.8. The number of amides is 1. The Balaban J connectivity index is 1.92. The van der Waals surface area contributed by atoms with Gasteiger partial charge in [0.05, 0.1) is 13.7 Å². The topological polar surface area (TPSA) is 102 Å². The van der Waals surface area contributed by atoms with E-state index in [0.29, 0.717) is 63.3 Å². The zero-order valence-corrected chi connectivity index (χ0v) is 24.6. The van der Waals surface area contributed by atoms with Crippen molar-refractivity contribution < 1.29 is 32.2 Å². The van der Waals surface area contributed by atoms with Crippen LogP contribution in [0, 0.1) is 0 Å². The minimum atomic E-state index is -3.71. The molecular formula is C29H40N2O7S. The fourth-order valence-electron chi connectivity index (χ4n) is 4.39. The van der Waals surface area contributed by atoms with Gasteiger partial charge >= 0.3 is 6.09 Å². The summed E-state index contributed by atoms with van der Waals surface area (Å²) in [4.78, 5) is 25.4. The lowest BCUT2D eigenvalue weighted by Crippen LogP contribution is -2.38. The van der Waals surface area contributed by atoms with Gasteiger partial charge in [-0.25, -0.2) is 17.5 Å². The number of methoxy groups -OCH3 is 1. The third kappa shape index (κ3) is 7.73. The lowest BCUT2D eigenvalue weighted by molar-refractivity contribution is -0.107. The lowest BCUT2D eigenvalue weighted by atomic mass is 9.98. The predicted molar refractivity (Wildman–Crippen MR) is 150 cm³/mol. The van der Waals surface area contributed by atoms with Crippen LogP contribution in [-0.2, 0) is 32.4 Å². The van der Waals surface area contributed by atoms with E-state index in [1.807, 2.05) is 45.0 Å². The van der Waals surface area contributed by atoms with Crippen LogP contribution in [0.5, 0.6) is 11.5 Å². The van der Waals surface area contributed by atoms with Gasteiger partial charge in [0.1, 0.15) is 28.3 Å². The summed E-state index contributed by atoms with van der Waals surface area (Å²) in [6.45, 7) is 6.79. The summed E-state index contributed by atoms with van der Waals surface area (Å²) in [6.07, 6.45) is 3.46. The number of nitrogens with zero attached hydrogens (tertiary/aromatic N) is 2. The number of aldehydes is 1. The molecule has 0 saturated heterocycles. The first kappa shape index (κ1) is 30.4. The Hall–Kier alpha value is -3.11. The Morgan fingerprint density at radius 1 is 1.08 bits per heavy atom. The quantitative estimate of drug-likeness (QED) is 0.274. The number of hydrogen-bond acceptors (Lipinski definition) is 7. The van der Waals surface area contributed by atoms with Crippen LogP contribution in [0.25, 0.3) is 11.1 Å². The van der Waals surface area contributed by atoms with E-state index in [9.17, 15) is 18.0 Å². The van der Waals surface area contributed by atoms with Gasteiger partial charge in [-0.15, -0.1) is 0 Å². The number of carbonyl (C=O) groups is 2. The SMILES string of the molecule is COc1ccc(-c2cc3c(c(S(=O)(=O)N(C)C)c2)OCC3)cc1CCN(CCCCC=O)C(=O)OC(C)(C)C. The van der Waals surface area contributed by atoms with Gasteiger partial charge in [0.2, 0.25) is 10.0 Å². The molecule has 1 heterocycles. The highest BCUT2D eigenvalue weighted by molar-refractivity contribution is 7.89. The second kappa shape index (κ2) is 12.8. The molecule has 9 nitrogen and oxygen atoms in total. The van der Waals surface area contributed by atoms with Crippen LogP contribution in [0.1, 0.15) is 51.2 Å². The first-order valence-corrected chi connectivity index (χ1v) is 14.6. The molecule has 3 rings (SSSR count). The van der Waals surface area contributed by atoms with Crippen molar-refractivity contribution in [3.05, 3.63) is 41.5 Å². The standard InChI is InChI=1S/C29H40N2O7S/c1-29(2,3)38-28(33)31(14-8-7-9-16-32)15-12-22-18-21(10-11-25(22)36-6)24-19-23-13-17-37-27(23)26(20-24)39(34,35)30(4)5/h10-11,16,18-20H,7-9,12-15,17H2,1-6H3. The molecule has 2 aromatic rings. The average molecular weight is 561 g/mol. The van der Waals surface area contributed by atoms with Crippen LogP contribution in [0.4, 0.5) is 4.79 Å². The van der Waals surface area contributed by atoms with Crippen molar-refractivity contribution in [2.45, 2.75) is 63.4 Å². The summed E-state index contributed by atoms with van der Waals surface area (Å²) in [6, 6.07) is 9.36. The molecular weight excluding hydrogens is 520 g/mol. The Morgan fingerprint density at radius 2 is 1.82 bits per heavy atom. The van der Waals surface area contributed by atoms with E-state index in [4.69, 9.17) is 14.2 Å². The predicted octanol–water partition coefficient (Wildman–Crippen LogP) is 4.70. The van der Waals surface area contributed by atoms with Gasteiger partial charge in [-0.1, -0.05) is 6.07 Å². The van der Waals surface area contributed by atoms with Gasteiger partial charge in [-0.3, -0.25) is 0 Å². The monoisotopic (exact) mass is 560 g/mol. The number of sulfonamides is 1. The third-order valence-corrected chi connectivity index (χ3v) is 8.25. The van der Waals surface area contributed by atoms with Gasteiger partial charge in [0, 0.05) is 40.0 Å². The number of ether oxygens (including phenoxy) is 3. The number of hydrogen-bond donors (Lipinski definition) is 0. The van der Waals surface area contributed by atoms with Crippen LogP contribution < -0.4 is 9.47 Å². The molecule has 2 aromatic carbocycles. The Kier molecular flexibility index (Phi) is 10.0. The van der Waals surface area contributed by atoms with Gasteiger partial charge in [0.15, 0.2) is 0 Å². The molecule has 0 N–H and O–H groups in total. The maximum atomic E-state index is 13.1. The van der Waals surface area contributed by atoms with Gasteiger partial charge in [-0.05, 0) is 86.6 Å². The fourth-order valence-corrected chi connectivity index (χ4v) is 5.48. The maximum Gasteiger partial charge on any atom is 0.410 e. The van der Waals surface area contributed by atoms with Crippen molar-refractivity contribution in [3.63, 3.8) is 0 Å². The van der Waals surface area contributed by atoms with Gasteiger partial charge in [0.25, 0.3) is 0 Å². The number of unbranched alkanes of at least 4 members (excludes halogenated alkanes) is 2. The van der Waals surface area contributed by atoms with Crippen molar-refractivity contribution in [1.29, 1.82) is 0 Å². The summed E-state index contributed by atoms with van der Waals surface area (Å²) in [5.74, 6) is 1.10. The van der Waals surface area contributed by atoms with Crippen molar-refractivity contribution in [2.75, 3.05) is 40.9 Å². The normalized spacial score (nSPS) is 13.1. The van der Waals surface area contributed by atoms with Crippen LogP contribution in [0.3, 0.4) is 0 Å². The zero-order chi connectivity index (χ0) is 28.8. The maximum absolute atomic E-state index is 13.1. The van der Waals surface area contributed by atoms with Gasteiger partial charge in [-0.2, -0.15) is 0 Å². The molecule has 0 bridgehead atoms. The summed E-state index contributed by atoms with van der Waals surface area (Å²) < 4.78 is 44.2. The number of fused-ring (bicyclic) bond motifs is 1. The molecule has 214 valence electrons. The number of benzene rings is 2. The van der Waals surface area contributed by atoms with Crippen LogP contribution in [0.2, 0.25) is 0 Å². The molecule has 0 radical (unpaired) electrons. The highest BCUT2D eigenvalue weighted by Crippen LogP contribution is 2.39. The van der Waals surface area contributed by atoms with Crippen molar-refractivity contribution in [2.24, 2.45) is 0 Å². The Morgan fingerprint density at radius 3 is 2.46 bits per heavy atom. The molecule has 0 aliphatic carbocycles. The minimum Gasteiger partial charge on any atom is -0.496 e. The van der Waals surface area contributed by atoms with E-state index >= 15 is 0 Å². The van der Waals surface area contributed by atoms with Crippen LogP contribution in [-0.4, -0.2) is 76.5 Å². The average Bonchev–Trinajstić information content (AvgIpc) is 3.35. The highest BCUT2D eigenvalue weighted by Gasteiger charge is 2.29. The molecule has 1 aliphatic rings. The van der Waals surface area contributed by atoms with E-state index in [1.54, 1.807) is 18.1 Å². The van der Waals surface area contributed by atoms with Crippen molar-refractivity contribution in [3.8, 4) is 22.6 Å². The van der Waals surface area contributed by atoms with E-state index in [-0.39, 0.29) is 4.90 Å². The largest absolute Gasteiger partial charge is 0.496 e. The first-order valence-electron chi connectivity index (χ1n) is 13.2. The minimum absolute atomic E-state index is 0.154. The van der Waals surface area contributed by atoms with E-state index < -0.39 is 21.7 Å². The van der Waals surface area contributed by atoms with Crippen molar-refractivity contribution >= 4 is 22.4 Å².